The summed E-state index contributed by atoms with van der Waals surface area (Å²) >= 11 is 2.73. The number of thiazole rings is 2. The largest absolute Gasteiger partial charge is 0.298 e. The van der Waals surface area contributed by atoms with Crippen molar-refractivity contribution >= 4 is 56.5 Å². The molecule has 6 nitrogen and oxygen atoms in total. The predicted molar refractivity (Wildman–Crippen MR) is 141 cm³/mol. The van der Waals surface area contributed by atoms with Crippen LogP contribution in [0.15, 0.2) is 59.3 Å². The molecule has 0 aliphatic rings. The molecule has 2 heterocycles. The maximum Gasteiger partial charge on any atom is 0.250 e. The van der Waals surface area contributed by atoms with E-state index >= 15 is 0 Å². The molecular formula is C26H24N4O2S2. The topological polar surface area (TPSA) is 75.2 Å². The van der Waals surface area contributed by atoms with Crippen LogP contribution < -0.4 is 10.2 Å². The van der Waals surface area contributed by atoms with Gasteiger partial charge in [-0.1, -0.05) is 24.3 Å². The zero-order chi connectivity index (χ0) is 24.2. The van der Waals surface area contributed by atoms with E-state index in [1.807, 2.05) is 41.1 Å². The van der Waals surface area contributed by atoms with Gasteiger partial charge in [0.05, 0.1) is 17.1 Å². The van der Waals surface area contributed by atoms with E-state index in [0.717, 1.165) is 22.5 Å². The Labute approximate surface area is 206 Å². The van der Waals surface area contributed by atoms with E-state index in [4.69, 9.17) is 0 Å². The molecule has 4 rings (SSSR count). The molecule has 0 radical (unpaired) electrons. The number of rotatable bonds is 6. The second kappa shape index (κ2) is 10.1. The van der Waals surface area contributed by atoms with Gasteiger partial charge in [0.1, 0.15) is 0 Å². The van der Waals surface area contributed by atoms with Crippen LogP contribution in [0.3, 0.4) is 0 Å². The number of hydrogen-bond donors (Lipinski definition) is 1. The number of aryl methyl sites for hydroxylation is 3. The highest BCUT2D eigenvalue weighted by molar-refractivity contribution is 7.14. The Hall–Kier alpha value is -3.62. The first kappa shape index (κ1) is 23.5. The molecule has 0 aliphatic carbocycles. The second-order valence-electron chi connectivity index (χ2n) is 7.86. The van der Waals surface area contributed by atoms with Crippen LogP contribution in [-0.2, 0) is 9.59 Å². The van der Waals surface area contributed by atoms with Crippen LogP contribution in [0.1, 0.15) is 29.3 Å². The molecule has 2 aromatic heterocycles. The number of nitrogens with zero attached hydrogens (tertiary/aromatic N) is 3. The summed E-state index contributed by atoms with van der Waals surface area (Å²) in [5.41, 5.74) is 6.87. The third-order valence-corrected chi connectivity index (χ3v) is 6.89. The maximum atomic E-state index is 12.4. The van der Waals surface area contributed by atoms with Crippen LogP contribution in [0.4, 0.5) is 16.0 Å². The van der Waals surface area contributed by atoms with Gasteiger partial charge < -0.3 is 0 Å². The van der Waals surface area contributed by atoms with Gasteiger partial charge in [-0.25, -0.2) is 9.97 Å². The molecular weight excluding hydrogens is 464 g/mol. The SMILES string of the molecule is CC(=O)N(c1ccccc1)c1nc(/C=C/C(=O)Nc2nc(-c3cc(C)c(C)cc3C)cs2)cs1. The summed E-state index contributed by atoms with van der Waals surface area (Å²) in [6.07, 6.45) is 3.04. The zero-order valence-electron chi connectivity index (χ0n) is 19.3. The number of nitrogens with one attached hydrogen (secondary N) is 1. The Balaban J connectivity index is 1.44. The highest BCUT2D eigenvalue weighted by atomic mass is 32.1. The van der Waals surface area contributed by atoms with Crippen molar-refractivity contribution in [2.24, 2.45) is 0 Å². The lowest BCUT2D eigenvalue weighted by Gasteiger charge is -2.17. The zero-order valence-corrected chi connectivity index (χ0v) is 21.0. The summed E-state index contributed by atoms with van der Waals surface area (Å²) < 4.78 is 0. The Morgan fingerprint density at radius 2 is 1.68 bits per heavy atom. The van der Waals surface area contributed by atoms with Crippen molar-refractivity contribution < 1.29 is 9.59 Å². The molecule has 0 fully saturated rings. The van der Waals surface area contributed by atoms with Crippen LogP contribution >= 0.6 is 22.7 Å². The van der Waals surface area contributed by atoms with Gasteiger partial charge in [0.15, 0.2) is 10.3 Å². The number of para-hydroxylation sites is 1. The van der Waals surface area contributed by atoms with Crippen molar-refractivity contribution in [3.8, 4) is 11.3 Å². The van der Waals surface area contributed by atoms with Crippen molar-refractivity contribution in [1.29, 1.82) is 0 Å². The third-order valence-electron chi connectivity index (χ3n) is 5.29. The summed E-state index contributed by atoms with van der Waals surface area (Å²) in [6, 6.07) is 13.6. The summed E-state index contributed by atoms with van der Waals surface area (Å²) in [7, 11) is 0. The van der Waals surface area contributed by atoms with E-state index in [-0.39, 0.29) is 11.8 Å². The molecule has 4 aromatic rings. The van der Waals surface area contributed by atoms with Gasteiger partial charge in [0, 0.05) is 29.3 Å². The molecule has 2 amide bonds. The molecule has 8 heteroatoms. The van der Waals surface area contributed by atoms with Gasteiger partial charge in [-0.15, -0.1) is 22.7 Å². The smallest absolute Gasteiger partial charge is 0.250 e. The lowest BCUT2D eigenvalue weighted by atomic mass is 9.99. The number of benzene rings is 2. The fraction of sp³-hybridized carbons (Fsp3) is 0.154. The summed E-state index contributed by atoms with van der Waals surface area (Å²) in [5.74, 6) is -0.425. The summed E-state index contributed by atoms with van der Waals surface area (Å²) in [6.45, 7) is 7.74. The number of anilines is 3. The van der Waals surface area contributed by atoms with Crippen LogP contribution in [0.2, 0.25) is 0 Å². The van der Waals surface area contributed by atoms with E-state index in [1.54, 1.807) is 11.0 Å². The summed E-state index contributed by atoms with van der Waals surface area (Å²) in [5, 5.41) is 7.65. The highest BCUT2D eigenvalue weighted by Crippen LogP contribution is 2.30. The minimum Gasteiger partial charge on any atom is -0.298 e. The lowest BCUT2D eigenvalue weighted by Crippen LogP contribution is -2.22. The quantitative estimate of drug-likeness (QED) is 0.313. The van der Waals surface area contributed by atoms with Crippen molar-refractivity contribution in [3.05, 3.63) is 81.7 Å². The normalized spacial score (nSPS) is 11.1. The molecule has 0 aliphatic heterocycles. The number of amides is 2. The van der Waals surface area contributed by atoms with Gasteiger partial charge in [-0.05, 0) is 61.7 Å². The van der Waals surface area contributed by atoms with E-state index in [9.17, 15) is 9.59 Å². The Kier molecular flexibility index (Phi) is 7.00. The Bertz CT molecular complexity index is 1370. The van der Waals surface area contributed by atoms with Crippen molar-refractivity contribution in [3.63, 3.8) is 0 Å². The Morgan fingerprint density at radius 3 is 2.41 bits per heavy atom. The lowest BCUT2D eigenvalue weighted by molar-refractivity contribution is -0.116. The fourth-order valence-corrected chi connectivity index (χ4v) is 5.03. The fourth-order valence-electron chi connectivity index (χ4n) is 3.46. The average molecular weight is 489 g/mol. The van der Waals surface area contributed by atoms with E-state index in [1.165, 1.54) is 46.8 Å². The van der Waals surface area contributed by atoms with Crippen LogP contribution in [-0.4, -0.2) is 21.8 Å². The number of aromatic nitrogens is 2. The Morgan fingerprint density at radius 1 is 0.941 bits per heavy atom. The van der Waals surface area contributed by atoms with Gasteiger partial charge >= 0.3 is 0 Å². The number of hydrogen-bond acceptors (Lipinski definition) is 6. The van der Waals surface area contributed by atoms with Crippen molar-refractivity contribution in [2.45, 2.75) is 27.7 Å². The minimum atomic E-state index is -0.293. The molecule has 0 saturated carbocycles. The van der Waals surface area contributed by atoms with Crippen LogP contribution in [0.5, 0.6) is 0 Å². The molecule has 0 saturated heterocycles. The maximum absolute atomic E-state index is 12.4. The molecule has 1 N–H and O–H groups in total. The monoisotopic (exact) mass is 488 g/mol. The van der Waals surface area contributed by atoms with E-state index < -0.39 is 0 Å². The van der Waals surface area contributed by atoms with E-state index in [2.05, 4.69) is 48.2 Å². The van der Waals surface area contributed by atoms with Crippen molar-refractivity contribution in [2.75, 3.05) is 10.2 Å². The molecule has 0 atom stereocenters. The molecule has 34 heavy (non-hydrogen) atoms. The van der Waals surface area contributed by atoms with Crippen LogP contribution in [0, 0.1) is 20.8 Å². The average Bonchev–Trinajstić information content (AvgIpc) is 3.45. The number of carbonyl (C=O) groups excluding carboxylic acids is 2. The van der Waals surface area contributed by atoms with E-state index in [0.29, 0.717) is 16.0 Å². The molecule has 2 aromatic carbocycles. The molecule has 0 unspecified atom stereocenters. The van der Waals surface area contributed by atoms with Crippen LogP contribution in [0.25, 0.3) is 17.3 Å². The highest BCUT2D eigenvalue weighted by Gasteiger charge is 2.17. The summed E-state index contributed by atoms with van der Waals surface area (Å²) in [4.78, 5) is 35.3. The number of carbonyl (C=O) groups is 2. The molecule has 0 spiro atoms. The molecule has 172 valence electrons. The van der Waals surface area contributed by atoms with Gasteiger partial charge in [0.2, 0.25) is 11.8 Å². The first-order chi connectivity index (χ1) is 16.3. The second-order valence-corrected chi connectivity index (χ2v) is 9.55. The van der Waals surface area contributed by atoms with Gasteiger partial charge in [-0.3, -0.25) is 19.8 Å². The predicted octanol–water partition coefficient (Wildman–Crippen LogP) is 6.53. The third kappa shape index (κ3) is 5.30. The first-order valence-corrected chi connectivity index (χ1v) is 12.4. The van der Waals surface area contributed by atoms with Crippen molar-refractivity contribution in [1.82, 2.24) is 9.97 Å². The molecule has 0 bridgehead atoms. The standard InChI is InChI=1S/C26H24N4O2S2/c1-16-12-18(3)22(13-17(16)2)23-15-33-25(28-23)29-24(32)11-10-20-14-34-26(27-20)30(19(4)31)21-8-6-5-7-9-21/h5-15H,1-4H3,(H,28,29,32)/b11-10+. The van der Waals surface area contributed by atoms with Gasteiger partial charge in [-0.2, -0.15) is 0 Å². The first-order valence-electron chi connectivity index (χ1n) is 10.7. The van der Waals surface area contributed by atoms with Gasteiger partial charge in [0.25, 0.3) is 0 Å². The minimum absolute atomic E-state index is 0.132.